The molecule has 4 N–H and O–H groups in total. The Morgan fingerprint density at radius 1 is 1.20 bits per heavy atom. The highest BCUT2D eigenvalue weighted by molar-refractivity contribution is 6.04. The molecule has 2 heterocycles. The van der Waals surface area contributed by atoms with Gasteiger partial charge in [-0.05, 0) is 18.2 Å². The van der Waals surface area contributed by atoms with Crippen LogP contribution < -0.4 is 11.6 Å². The highest BCUT2D eigenvalue weighted by atomic mass is 19.4. The Balaban J connectivity index is 2.04. The first-order chi connectivity index (χ1) is 14.2. The zero-order valence-electron chi connectivity index (χ0n) is 14.8. The first-order valence-electron chi connectivity index (χ1n) is 8.04. The van der Waals surface area contributed by atoms with E-state index in [1.807, 2.05) is 0 Å². The average Bonchev–Trinajstić information content (AvgIpc) is 3.12. The molecule has 0 spiro atoms. The van der Waals surface area contributed by atoms with Gasteiger partial charge in [-0.3, -0.25) is 0 Å². The van der Waals surface area contributed by atoms with E-state index in [4.69, 9.17) is 11.6 Å². The van der Waals surface area contributed by atoms with Crippen LogP contribution in [0.3, 0.4) is 0 Å². The number of aromatic nitrogens is 4. The fraction of sp³-hybridized carbons (Fsp3) is 0.125. The third-order valence-corrected chi connectivity index (χ3v) is 3.65. The molecule has 9 nitrogen and oxygen atoms in total. The molecule has 3 aromatic rings. The number of anilines is 1. The summed E-state index contributed by atoms with van der Waals surface area (Å²) >= 11 is 0. The molecule has 0 aliphatic heterocycles. The van der Waals surface area contributed by atoms with Crippen LogP contribution >= 0.6 is 0 Å². The van der Waals surface area contributed by atoms with Crippen LogP contribution in [-0.2, 0) is 6.54 Å². The molecule has 156 valence electrons. The number of pyridine rings is 1. The number of rotatable bonds is 4. The van der Waals surface area contributed by atoms with Crippen molar-refractivity contribution in [3.63, 3.8) is 0 Å². The number of nitrogens with two attached hydrogens (primary N) is 2. The molecule has 0 aliphatic carbocycles. The second-order valence-electron chi connectivity index (χ2n) is 5.80. The molecule has 0 saturated carbocycles. The van der Waals surface area contributed by atoms with Crippen LogP contribution in [0, 0.1) is 11.6 Å². The molecule has 0 bridgehead atoms. The van der Waals surface area contributed by atoms with Crippen molar-refractivity contribution in [3.8, 4) is 11.3 Å². The van der Waals surface area contributed by atoms with Crippen molar-refractivity contribution < 1.29 is 22.0 Å². The number of amidine groups is 1. The topological polar surface area (TPSA) is 133 Å². The molecule has 0 atom stereocenters. The van der Waals surface area contributed by atoms with Gasteiger partial charge in [0.15, 0.2) is 17.5 Å². The summed E-state index contributed by atoms with van der Waals surface area (Å²) in [5.41, 5.74) is 5.69. The van der Waals surface area contributed by atoms with E-state index in [1.54, 1.807) is 0 Å². The monoisotopic (exact) mass is 425 g/mol. The Morgan fingerprint density at radius 3 is 2.67 bits per heavy atom. The molecular weight excluding hydrogens is 413 g/mol. The fourth-order valence-electron chi connectivity index (χ4n) is 2.37. The quantitative estimate of drug-likeness (QED) is 0.165. The van der Waals surface area contributed by atoms with E-state index in [1.165, 1.54) is 24.4 Å². The van der Waals surface area contributed by atoms with Crippen LogP contribution in [0.15, 0.2) is 52.0 Å². The van der Waals surface area contributed by atoms with Gasteiger partial charge in [0.05, 0.1) is 11.8 Å². The SMILES string of the molecule is NN=NC(=Nc1cccc(F)c1F)c1cc(-c2cn(CC(F)(F)F)nn2)cnc1N. The maximum Gasteiger partial charge on any atom is 0.408 e. The van der Waals surface area contributed by atoms with E-state index >= 15 is 0 Å². The molecular formula is C16H12F5N9. The van der Waals surface area contributed by atoms with Gasteiger partial charge in [-0.15, -0.1) is 10.2 Å². The van der Waals surface area contributed by atoms with Crippen molar-refractivity contribution in [1.82, 2.24) is 20.0 Å². The summed E-state index contributed by atoms with van der Waals surface area (Å²) in [6.45, 7) is -1.33. The largest absolute Gasteiger partial charge is 0.408 e. The number of halogens is 5. The average molecular weight is 425 g/mol. The standard InChI is InChI=1S/C16H12F5N9/c17-10-2-1-3-11(13(10)18)25-15(27-28-23)9-4-8(5-24-14(9)22)12-6-30(29-26-12)7-16(19,20)21/h1-6H,7H2,(H2,22,24)(H2,23,25,27). The Labute approximate surface area is 164 Å². The van der Waals surface area contributed by atoms with Crippen molar-refractivity contribution in [3.05, 3.63) is 53.9 Å². The van der Waals surface area contributed by atoms with Crippen molar-refractivity contribution >= 4 is 17.3 Å². The van der Waals surface area contributed by atoms with Crippen molar-refractivity contribution in [2.75, 3.05) is 5.73 Å². The minimum absolute atomic E-state index is 0.00994. The number of nitrogen functional groups attached to an aromatic ring is 1. The predicted octanol–water partition coefficient (Wildman–Crippen LogP) is 3.17. The fourth-order valence-corrected chi connectivity index (χ4v) is 2.37. The molecule has 0 fully saturated rings. The third-order valence-electron chi connectivity index (χ3n) is 3.65. The van der Waals surface area contributed by atoms with E-state index in [-0.39, 0.29) is 28.5 Å². The maximum absolute atomic E-state index is 14.0. The molecule has 30 heavy (non-hydrogen) atoms. The van der Waals surface area contributed by atoms with Crippen LogP contribution in [-0.4, -0.2) is 32.0 Å². The zero-order chi connectivity index (χ0) is 21.9. The Hall–Kier alpha value is -3.97. The third kappa shape index (κ3) is 4.71. The van der Waals surface area contributed by atoms with Crippen molar-refractivity contribution in [1.29, 1.82) is 0 Å². The summed E-state index contributed by atoms with van der Waals surface area (Å²) in [5.74, 6) is 2.26. The summed E-state index contributed by atoms with van der Waals surface area (Å²) in [6, 6.07) is 4.64. The Morgan fingerprint density at radius 2 is 1.97 bits per heavy atom. The summed E-state index contributed by atoms with van der Waals surface area (Å²) in [5, 5.41) is 13.7. The van der Waals surface area contributed by atoms with E-state index in [0.29, 0.717) is 4.68 Å². The first kappa shape index (κ1) is 20.8. The number of benzene rings is 1. The van der Waals surface area contributed by atoms with Crippen molar-refractivity contribution in [2.45, 2.75) is 12.7 Å². The lowest BCUT2D eigenvalue weighted by molar-refractivity contribution is -0.142. The molecule has 14 heteroatoms. The van der Waals surface area contributed by atoms with Gasteiger partial charge in [-0.25, -0.2) is 23.4 Å². The molecule has 0 unspecified atom stereocenters. The molecule has 0 amide bonds. The zero-order valence-corrected chi connectivity index (χ0v) is 14.8. The van der Waals surface area contributed by atoms with Crippen LogP contribution in [0.4, 0.5) is 33.5 Å². The number of hydrogen-bond donors (Lipinski definition) is 2. The highest BCUT2D eigenvalue weighted by Gasteiger charge is 2.28. The Bertz CT molecular complexity index is 1120. The van der Waals surface area contributed by atoms with Gasteiger partial charge < -0.3 is 11.6 Å². The molecule has 3 rings (SSSR count). The van der Waals surface area contributed by atoms with E-state index in [0.717, 1.165) is 12.3 Å². The predicted molar refractivity (Wildman–Crippen MR) is 95.3 cm³/mol. The summed E-state index contributed by atoms with van der Waals surface area (Å²) in [4.78, 5) is 7.79. The molecule has 0 radical (unpaired) electrons. The smallest absolute Gasteiger partial charge is 0.383 e. The van der Waals surface area contributed by atoms with Crippen LogP contribution in [0.2, 0.25) is 0 Å². The van der Waals surface area contributed by atoms with Gasteiger partial charge in [0.1, 0.15) is 23.7 Å². The summed E-state index contributed by atoms with van der Waals surface area (Å²) < 4.78 is 65.5. The van der Waals surface area contributed by atoms with Crippen LogP contribution in [0.25, 0.3) is 11.3 Å². The molecule has 0 saturated heterocycles. The summed E-state index contributed by atoms with van der Waals surface area (Å²) in [6.07, 6.45) is -2.19. The summed E-state index contributed by atoms with van der Waals surface area (Å²) in [7, 11) is 0. The van der Waals surface area contributed by atoms with Gasteiger partial charge in [0, 0.05) is 11.8 Å². The van der Waals surface area contributed by atoms with Gasteiger partial charge in [-0.2, -0.15) is 13.2 Å². The molecule has 1 aromatic carbocycles. The second kappa shape index (κ2) is 8.18. The second-order valence-corrected chi connectivity index (χ2v) is 5.80. The van der Waals surface area contributed by atoms with E-state index in [2.05, 4.69) is 30.6 Å². The van der Waals surface area contributed by atoms with Gasteiger partial charge in [0.25, 0.3) is 0 Å². The van der Waals surface area contributed by atoms with Gasteiger partial charge >= 0.3 is 6.18 Å². The van der Waals surface area contributed by atoms with Gasteiger partial charge in [0.2, 0.25) is 0 Å². The normalized spacial score (nSPS) is 12.6. The van der Waals surface area contributed by atoms with E-state index in [9.17, 15) is 22.0 Å². The lowest BCUT2D eigenvalue weighted by Crippen LogP contribution is -2.17. The van der Waals surface area contributed by atoms with Gasteiger partial charge in [-0.1, -0.05) is 16.5 Å². The highest BCUT2D eigenvalue weighted by Crippen LogP contribution is 2.26. The molecule has 2 aromatic heterocycles. The minimum atomic E-state index is -4.48. The number of alkyl halides is 3. The van der Waals surface area contributed by atoms with Crippen LogP contribution in [0.1, 0.15) is 5.56 Å². The maximum atomic E-state index is 14.0. The molecule has 0 aliphatic rings. The number of hydrogen-bond acceptors (Lipinski definition) is 6. The lowest BCUT2D eigenvalue weighted by Gasteiger charge is -2.07. The van der Waals surface area contributed by atoms with Crippen LogP contribution in [0.5, 0.6) is 0 Å². The minimum Gasteiger partial charge on any atom is -0.383 e. The Kier molecular flexibility index (Phi) is 5.66. The van der Waals surface area contributed by atoms with Crippen molar-refractivity contribution in [2.24, 2.45) is 21.2 Å². The van der Waals surface area contributed by atoms with E-state index < -0.39 is 30.0 Å². The number of nitrogens with zero attached hydrogens (tertiary/aromatic N) is 7. The number of aliphatic imine (C=N–C) groups is 1. The first-order valence-corrected chi connectivity index (χ1v) is 8.04. The lowest BCUT2D eigenvalue weighted by atomic mass is 10.1.